The number of thiophene rings is 1. The largest absolute Gasteiger partial charge is 0.481 e. The van der Waals surface area contributed by atoms with Crippen LogP contribution >= 0.6 is 43.2 Å². The molecule has 2 aliphatic heterocycles. The Morgan fingerprint density at radius 2 is 1.91 bits per heavy atom. The van der Waals surface area contributed by atoms with Gasteiger partial charge in [-0.1, -0.05) is 28.1 Å². The van der Waals surface area contributed by atoms with Gasteiger partial charge in [-0.2, -0.15) is 0 Å². The van der Waals surface area contributed by atoms with Crippen LogP contribution < -0.4 is 15.4 Å². The molecule has 2 aromatic carbocycles. The van der Waals surface area contributed by atoms with Crippen molar-refractivity contribution in [1.82, 2.24) is 15.5 Å². The van der Waals surface area contributed by atoms with Crippen LogP contribution in [0.2, 0.25) is 0 Å². The first-order valence-electron chi connectivity index (χ1n) is 11.8. The Hall–Kier alpha value is -1.63. The number of carbonyl (C=O) groups is 1. The first-order chi connectivity index (χ1) is 16.5. The van der Waals surface area contributed by atoms with Crippen LogP contribution in [-0.4, -0.2) is 49.1 Å². The van der Waals surface area contributed by atoms with Crippen molar-refractivity contribution >= 4 is 59.2 Å². The number of hydrogen-bond donors (Lipinski definition) is 2. The van der Waals surface area contributed by atoms with Crippen LogP contribution in [-0.2, 0) is 6.54 Å². The van der Waals surface area contributed by atoms with Crippen LogP contribution in [0.15, 0.2) is 39.3 Å². The third-order valence-electron chi connectivity index (χ3n) is 6.47. The van der Waals surface area contributed by atoms with Crippen molar-refractivity contribution < 1.29 is 9.53 Å². The molecule has 2 N–H and O–H groups in total. The standard InChI is InChI=1S/C26H27Br2N3O2S/c27-21-2-1-3-24-20(21)15-25(34-24)26(32)30-18-8-12-31(13-9-18)16-17-4-5-23(22(28)14-17)33-19-6-10-29-11-7-19/h1-3,14-15,18-19,29H,6-13,16H2,(H,30,32). The lowest BCUT2D eigenvalue weighted by Crippen LogP contribution is -2.44. The lowest BCUT2D eigenvalue weighted by atomic mass is 10.0. The van der Waals surface area contributed by atoms with Crippen molar-refractivity contribution in [3.8, 4) is 5.75 Å². The van der Waals surface area contributed by atoms with Gasteiger partial charge < -0.3 is 15.4 Å². The van der Waals surface area contributed by atoms with Gasteiger partial charge in [0, 0.05) is 45.8 Å². The molecule has 1 amide bonds. The molecule has 0 radical (unpaired) electrons. The third kappa shape index (κ3) is 5.77. The molecular weight excluding hydrogens is 578 g/mol. The van der Waals surface area contributed by atoms with Crippen molar-refractivity contribution in [2.45, 2.75) is 44.4 Å². The van der Waals surface area contributed by atoms with E-state index in [0.29, 0.717) is 0 Å². The number of nitrogens with zero attached hydrogens (tertiary/aromatic N) is 1. The second-order valence-electron chi connectivity index (χ2n) is 8.95. The molecule has 0 bridgehead atoms. The summed E-state index contributed by atoms with van der Waals surface area (Å²) in [4.78, 5) is 16.0. The average molecular weight is 605 g/mol. The van der Waals surface area contributed by atoms with E-state index in [1.165, 1.54) is 0 Å². The van der Waals surface area contributed by atoms with E-state index in [2.05, 4.69) is 71.7 Å². The maximum absolute atomic E-state index is 12.8. The van der Waals surface area contributed by atoms with Gasteiger partial charge >= 0.3 is 0 Å². The zero-order valence-corrected chi connectivity index (χ0v) is 22.8. The minimum Gasteiger partial charge on any atom is -0.481 e. The van der Waals surface area contributed by atoms with Crippen molar-refractivity contribution in [3.05, 3.63) is 61.9 Å². The molecule has 2 saturated heterocycles. The molecular formula is C26H27Br2N3O2S. The van der Waals surface area contributed by atoms with Gasteiger partial charge in [0.25, 0.3) is 5.91 Å². The Bertz CT molecular complexity index is 1150. The van der Waals surface area contributed by atoms with Crippen LogP contribution in [0.3, 0.4) is 0 Å². The van der Waals surface area contributed by atoms with E-state index in [9.17, 15) is 4.79 Å². The Morgan fingerprint density at radius 3 is 2.65 bits per heavy atom. The number of benzene rings is 1. The van der Waals surface area contributed by atoms with Crippen molar-refractivity contribution in [2.75, 3.05) is 26.2 Å². The molecule has 5 nitrogen and oxygen atoms in total. The zero-order chi connectivity index (χ0) is 23.5. The molecule has 0 spiro atoms. The predicted octanol–water partition coefficient (Wildman–Crippen LogP) is 5.55. The quantitative estimate of drug-likeness (QED) is 0.387. The molecule has 34 heavy (non-hydrogen) atoms. The zero-order valence-electron chi connectivity index (χ0n) is 18.8. The first kappa shape index (κ1) is 24.1. The van der Waals surface area contributed by atoms with E-state index in [0.717, 1.165) is 93.6 Å². The summed E-state index contributed by atoms with van der Waals surface area (Å²) in [6, 6.07) is 16.9. The maximum Gasteiger partial charge on any atom is 0.261 e. The number of carbonyl (C=O) groups excluding carboxylic acids is 1. The highest BCUT2D eigenvalue weighted by Gasteiger charge is 2.23. The Labute approximate surface area is 221 Å². The molecule has 0 atom stereocenters. The van der Waals surface area contributed by atoms with Gasteiger partial charge in [0.2, 0.25) is 0 Å². The fourth-order valence-electron chi connectivity index (χ4n) is 4.57. The highest BCUT2D eigenvalue weighted by Crippen LogP contribution is 2.31. The molecule has 3 heterocycles. The highest BCUT2D eigenvalue weighted by molar-refractivity contribution is 9.11. The van der Waals surface area contributed by atoms with Gasteiger partial charge in [-0.25, -0.2) is 0 Å². The van der Waals surface area contributed by atoms with Crippen molar-refractivity contribution in [1.29, 1.82) is 0 Å². The molecule has 5 rings (SSSR count). The van der Waals surface area contributed by atoms with E-state index in [1.807, 2.05) is 18.2 Å². The van der Waals surface area contributed by atoms with Gasteiger partial charge in [0.1, 0.15) is 6.10 Å². The molecule has 0 saturated carbocycles. The predicted molar refractivity (Wildman–Crippen MR) is 144 cm³/mol. The lowest BCUT2D eigenvalue weighted by molar-refractivity contribution is 0.0913. The minimum absolute atomic E-state index is 0.0303. The Kier molecular flexibility index (Phi) is 7.77. The summed E-state index contributed by atoms with van der Waals surface area (Å²) in [7, 11) is 0. The number of hydrogen-bond acceptors (Lipinski definition) is 5. The number of rotatable bonds is 6. The van der Waals surface area contributed by atoms with Gasteiger partial charge in [-0.15, -0.1) is 11.3 Å². The van der Waals surface area contributed by atoms with Crippen LogP contribution in [0, 0.1) is 12.1 Å². The van der Waals surface area contributed by atoms with Gasteiger partial charge in [-0.3, -0.25) is 9.69 Å². The van der Waals surface area contributed by atoms with Crippen LogP contribution in [0.5, 0.6) is 5.75 Å². The summed E-state index contributed by atoms with van der Waals surface area (Å²) in [5.41, 5.74) is 1.10. The summed E-state index contributed by atoms with van der Waals surface area (Å²) in [6.45, 7) is 4.72. The maximum atomic E-state index is 12.8. The third-order valence-corrected chi connectivity index (χ3v) is 8.85. The molecule has 3 aromatic rings. The van der Waals surface area contributed by atoms with E-state index in [1.54, 1.807) is 11.3 Å². The van der Waals surface area contributed by atoms with E-state index in [-0.39, 0.29) is 18.1 Å². The second-order valence-corrected chi connectivity index (χ2v) is 11.7. The molecule has 1 aromatic heterocycles. The van der Waals surface area contributed by atoms with E-state index >= 15 is 0 Å². The smallest absolute Gasteiger partial charge is 0.261 e. The number of fused-ring (bicyclic) bond motifs is 1. The van der Waals surface area contributed by atoms with Crippen molar-refractivity contribution in [3.63, 3.8) is 0 Å². The molecule has 0 unspecified atom stereocenters. The lowest BCUT2D eigenvalue weighted by Gasteiger charge is -2.32. The fraction of sp³-hybridized carbons (Fsp3) is 0.423. The van der Waals surface area contributed by atoms with Gasteiger partial charge in [-0.05, 0) is 85.0 Å². The molecule has 0 aliphatic carbocycles. The summed E-state index contributed by atoms with van der Waals surface area (Å²) < 4.78 is 9.21. The highest BCUT2D eigenvalue weighted by atomic mass is 79.9. The van der Waals surface area contributed by atoms with Gasteiger partial charge in [0.05, 0.1) is 9.35 Å². The number of piperidine rings is 2. The number of likely N-dealkylation sites (tertiary alicyclic amines) is 1. The molecule has 178 valence electrons. The molecule has 2 aliphatic rings. The number of ether oxygens (including phenoxy) is 1. The summed E-state index contributed by atoms with van der Waals surface area (Å²) >= 11 is 8.78. The number of amides is 1. The normalized spacial score (nSPS) is 18.1. The Morgan fingerprint density at radius 1 is 1.12 bits per heavy atom. The SMILES string of the molecule is O=C(NC1CCN(Cc2c#cc(OC3CCNCC3)c(Br)c2)CC1)c1cc2c(Br)cccc2s1. The Balaban J connectivity index is 1.11. The minimum atomic E-state index is 0.0303. The number of nitrogens with one attached hydrogen (secondary N) is 2. The first-order valence-corrected chi connectivity index (χ1v) is 14.2. The summed E-state index contributed by atoms with van der Waals surface area (Å²) in [5.74, 6) is 0.785. The van der Waals surface area contributed by atoms with Crippen LogP contribution in [0.25, 0.3) is 10.1 Å². The second kappa shape index (κ2) is 11.0. The molecule has 8 heteroatoms. The fourth-order valence-corrected chi connectivity index (χ4v) is 6.64. The summed E-state index contributed by atoms with van der Waals surface area (Å²) in [6.07, 6.45) is 4.18. The van der Waals surface area contributed by atoms with Gasteiger partial charge in [0.15, 0.2) is 5.75 Å². The van der Waals surface area contributed by atoms with Crippen LogP contribution in [0.4, 0.5) is 0 Å². The average Bonchev–Trinajstić information content (AvgIpc) is 3.29. The topological polar surface area (TPSA) is 53.6 Å². The monoisotopic (exact) mass is 603 g/mol. The number of halogens is 2. The van der Waals surface area contributed by atoms with E-state index in [4.69, 9.17) is 4.74 Å². The van der Waals surface area contributed by atoms with Crippen molar-refractivity contribution in [2.24, 2.45) is 0 Å². The summed E-state index contributed by atoms with van der Waals surface area (Å²) in [5, 5.41) is 7.70. The molecule has 2 fully saturated rings. The van der Waals surface area contributed by atoms with Crippen LogP contribution in [0.1, 0.15) is 40.9 Å². The van der Waals surface area contributed by atoms with E-state index < -0.39 is 0 Å².